The molecule has 19 heavy (non-hydrogen) atoms. The molecule has 0 aliphatic carbocycles. The molecule has 3 nitrogen and oxygen atoms in total. The molecule has 104 valence electrons. The number of guanidine groups is 1. The molecule has 0 bridgehead atoms. The van der Waals surface area contributed by atoms with Crippen molar-refractivity contribution >= 4 is 5.96 Å². The van der Waals surface area contributed by atoms with Crippen molar-refractivity contribution in [1.29, 1.82) is 0 Å². The monoisotopic (exact) mass is 259 g/mol. The second-order valence-corrected chi connectivity index (χ2v) is 4.61. The molecule has 0 aliphatic heterocycles. The first-order valence-corrected chi connectivity index (χ1v) is 6.86. The predicted molar refractivity (Wildman–Crippen MR) is 83.8 cm³/mol. The Kier molecular flexibility index (Phi) is 6.72. The van der Waals surface area contributed by atoms with Crippen LogP contribution in [0.15, 0.2) is 35.8 Å². The summed E-state index contributed by atoms with van der Waals surface area (Å²) in [6.07, 6.45) is 2.80. The van der Waals surface area contributed by atoms with Crippen LogP contribution in [0.3, 0.4) is 0 Å². The van der Waals surface area contributed by atoms with Gasteiger partial charge in [-0.3, -0.25) is 4.99 Å². The largest absolute Gasteiger partial charge is 0.357 e. The van der Waals surface area contributed by atoms with E-state index < -0.39 is 0 Å². The minimum atomic E-state index is 0.732. The van der Waals surface area contributed by atoms with Crippen LogP contribution in [0.2, 0.25) is 0 Å². The van der Waals surface area contributed by atoms with Gasteiger partial charge in [0.05, 0.1) is 0 Å². The second-order valence-electron chi connectivity index (χ2n) is 4.61. The lowest BCUT2D eigenvalue weighted by Gasteiger charge is -2.10. The summed E-state index contributed by atoms with van der Waals surface area (Å²) >= 11 is 0. The van der Waals surface area contributed by atoms with Gasteiger partial charge in [-0.05, 0) is 38.3 Å². The van der Waals surface area contributed by atoms with Gasteiger partial charge in [0.2, 0.25) is 0 Å². The number of nitrogens with zero attached hydrogens (tertiary/aromatic N) is 1. The molecule has 0 fully saturated rings. The zero-order valence-electron chi connectivity index (χ0n) is 12.3. The maximum Gasteiger partial charge on any atom is 0.191 e. The van der Waals surface area contributed by atoms with E-state index in [2.05, 4.69) is 61.2 Å². The number of hydrogen-bond acceptors (Lipinski definition) is 1. The fraction of sp³-hybridized carbons (Fsp3) is 0.438. The van der Waals surface area contributed by atoms with Crippen molar-refractivity contribution in [3.05, 3.63) is 47.5 Å². The first kappa shape index (κ1) is 15.3. The highest BCUT2D eigenvalue weighted by Crippen LogP contribution is 2.11. The Morgan fingerprint density at radius 1 is 1.32 bits per heavy atom. The molecule has 0 unspecified atom stereocenters. The molecule has 0 aromatic heterocycles. The highest BCUT2D eigenvalue weighted by atomic mass is 15.2. The molecule has 2 N–H and O–H groups in total. The Bertz CT molecular complexity index is 436. The summed E-state index contributed by atoms with van der Waals surface area (Å²) in [5.41, 5.74) is 4.03. The molecular weight excluding hydrogens is 234 g/mol. The van der Waals surface area contributed by atoms with Gasteiger partial charge in [-0.25, -0.2) is 0 Å². The fourth-order valence-corrected chi connectivity index (χ4v) is 1.93. The Labute approximate surface area is 116 Å². The first-order valence-electron chi connectivity index (χ1n) is 6.86. The summed E-state index contributed by atoms with van der Waals surface area (Å²) in [5.74, 6) is 0.854. The average molecular weight is 259 g/mol. The highest BCUT2D eigenvalue weighted by molar-refractivity contribution is 5.79. The Hall–Kier alpha value is -1.77. The van der Waals surface area contributed by atoms with Crippen LogP contribution in [0.1, 0.15) is 23.6 Å². The standard InChI is InChI=1S/C16H25N3/c1-5-10-18-16(17-6-2)19-11-9-15-8-7-13(3)12-14(15)4/h5,7-8,12H,1,6,9-11H2,2-4H3,(H2,17,18,19). The Morgan fingerprint density at radius 2 is 2.11 bits per heavy atom. The molecule has 0 saturated carbocycles. The molecule has 0 saturated heterocycles. The zero-order valence-corrected chi connectivity index (χ0v) is 12.3. The third-order valence-corrected chi connectivity index (χ3v) is 2.91. The van der Waals surface area contributed by atoms with Crippen LogP contribution in [0.4, 0.5) is 0 Å². The first-order chi connectivity index (χ1) is 9.17. The lowest BCUT2D eigenvalue weighted by atomic mass is 10.0. The van der Waals surface area contributed by atoms with E-state index in [9.17, 15) is 0 Å². The molecule has 1 rings (SSSR count). The molecule has 0 amide bonds. The minimum Gasteiger partial charge on any atom is -0.357 e. The Morgan fingerprint density at radius 3 is 2.74 bits per heavy atom. The molecule has 3 heteroatoms. The summed E-state index contributed by atoms with van der Waals surface area (Å²) in [6.45, 7) is 12.4. The van der Waals surface area contributed by atoms with Gasteiger partial charge in [-0.2, -0.15) is 0 Å². The number of aliphatic imine (C=N–C) groups is 1. The van der Waals surface area contributed by atoms with Crippen molar-refractivity contribution in [3.63, 3.8) is 0 Å². The fourth-order valence-electron chi connectivity index (χ4n) is 1.93. The summed E-state index contributed by atoms with van der Waals surface area (Å²) in [6, 6.07) is 6.58. The van der Waals surface area contributed by atoms with Gasteiger partial charge < -0.3 is 10.6 Å². The van der Waals surface area contributed by atoms with Crippen LogP contribution in [-0.4, -0.2) is 25.6 Å². The van der Waals surface area contributed by atoms with E-state index >= 15 is 0 Å². The van der Waals surface area contributed by atoms with E-state index in [0.717, 1.165) is 32.0 Å². The van der Waals surface area contributed by atoms with Crippen molar-refractivity contribution in [3.8, 4) is 0 Å². The normalized spacial score (nSPS) is 11.2. The number of benzene rings is 1. The maximum atomic E-state index is 4.56. The summed E-state index contributed by atoms with van der Waals surface area (Å²) < 4.78 is 0. The number of rotatable bonds is 6. The molecule has 1 aromatic rings. The summed E-state index contributed by atoms with van der Waals surface area (Å²) in [4.78, 5) is 4.56. The van der Waals surface area contributed by atoms with Crippen LogP contribution < -0.4 is 10.6 Å². The van der Waals surface area contributed by atoms with Crippen molar-refractivity contribution in [1.82, 2.24) is 10.6 Å². The smallest absolute Gasteiger partial charge is 0.191 e. The van der Waals surface area contributed by atoms with Crippen molar-refractivity contribution in [2.75, 3.05) is 19.6 Å². The van der Waals surface area contributed by atoms with E-state index in [0.29, 0.717) is 0 Å². The van der Waals surface area contributed by atoms with Gasteiger partial charge >= 0.3 is 0 Å². The predicted octanol–water partition coefficient (Wildman–Crippen LogP) is 2.59. The van der Waals surface area contributed by atoms with Crippen molar-refractivity contribution in [2.45, 2.75) is 27.2 Å². The molecule has 1 aromatic carbocycles. The van der Waals surface area contributed by atoms with E-state index in [1.807, 2.05) is 6.08 Å². The van der Waals surface area contributed by atoms with E-state index in [1.165, 1.54) is 16.7 Å². The van der Waals surface area contributed by atoms with E-state index in [1.54, 1.807) is 0 Å². The maximum absolute atomic E-state index is 4.56. The molecule has 0 spiro atoms. The number of nitrogens with one attached hydrogen (secondary N) is 2. The molecule has 0 heterocycles. The van der Waals surface area contributed by atoms with Crippen molar-refractivity contribution in [2.24, 2.45) is 4.99 Å². The summed E-state index contributed by atoms with van der Waals surface area (Å²) in [7, 11) is 0. The zero-order chi connectivity index (χ0) is 14.1. The lowest BCUT2D eigenvalue weighted by Crippen LogP contribution is -2.37. The lowest BCUT2D eigenvalue weighted by molar-refractivity contribution is 0.850. The average Bonchev–Trinajstić information content (AvgIpc) is 2.38. The minimum absolute atomic E-state index is 0.732. The SMILES string of the molecule is C=CCNC(=NCCc1ccc(C)cc1C)NCC. The van der Waals surface area contributed by atoms with E-state index in [4.69, 9.17) is 0 Å². The quantitative estimate of drug-likeness (QED) is 0.468. The van der Waals surface area contributed by atoms with Crippen molar-refractivity contribution < 1.29 is 0 Å². The number of hydrogen-bond donors (Lipinski definition) is 2. The van der Waals surface area contributed by atoms with Crippen LogP contribution in [0.5, 0.6) is 0 Å². The van der Waals surface area contributed by atoms with Crippen LogP contribution in [0.25, 0.3) is 0 Å². The summed E-state index contributed by atoms with van der Waals surface area (Å²) in [5, 5.41) is 6.42. The third kappa shape index (κ3) is 5.60. The van der Waals surface area contributed by atoms with Gasteiger partial charge in [0, 0.05) is 19.6 Å². The topological polar surface area (TPSA) is 36.4 Å². The molecular formula is C16H25N3. The second kappa shape index (κ2) is 8.35. The van der Waals surface area contributed by atoms with Crippen LogP contribution in [-0.2, 0) is 6.42 Å². The third-order valence-electron chi connectivity index (χ3n) is 2.91. The molecule has 0 radical (unpaired) electrons. The van der Waals surface area contributed by atoms with Crippen LogP contribution in [0, 0.1) is 13.8 Å². The van der Waals surface area contributed by atoms with Gasteiger partial charge in [0.25, 0.3) is 0 Å². The van der Waals surface area contributed by atoms with Gasteiger partial charge in [0.1, 0.15) is 0 Å². The highest BCUT2D eigenvalue weighted by Gasteiger charge is 1.99. The molecule has 0 aliphatic rings. The molecule has 0 atom stereocenters. The number of aryl methyl sites for hydroxylation is 2. The van der Waals surface area contributed by atoms with Gasteiger partial charge in [-0.15, -0.1) is 6.58 Å². The van der Waals surface area contributed by atoms with E-state index in [-0.39, 0.29) is 0 Å². The van der Waals surface area contributed by atoms with Gasteiger partial charge in [0.15, 0.2) is 5.96 Å². The Balaban J connectivity index is 2.55. The van der Waals surface area contributed by atoms with Crippen LogP contribution >= 0.6 is 0 Å². The van der Waals surface area contributed by atoms with Gasteiger partial charge in [-0.1, -0.05) is 29.8 Å².